The van der Waals surface area contributed by atoms with E-state index >= 15 is 0 Å². The van der Waals surface area contributed by atoms with Crippen molar-refractivity contribution in [3.8, 4) is 0 Å². The zero-order valence-electron chi connectivity index (χ0n) is 12.4. The molecule has 1 saturated carbocycles. The number of carbonyl (C=O) groups excluding carboxylic acids is 1. The average Bonchev–Trinajstić information content (AvgIpc) is 2.73. The maximum absolute atomic E-state index is 12.9. The number of hydrogen-bond acceptors (Lipinski definition) is 3. The quantitative estimate of drug-likeness (QED) is 0.787. The zero-order chi connectivity index (χ0) is 13.7. The molecule has 0 aromatic rings. The minimum atomic E-state index is -0.245. The number of nitrogens with zero attached hydrogens (tertiary/aromatic N) is 2. The number of carbonyl (C=O) groups is 1. The fourth-order valence-corrected chi connectivity index (χ4v) is 3.51. The molecule has 1 saturated heterocycles. The van der Waals surface area contributed by atoms with Crippen LogP contribution in [0.1, 0.15) is 45.4 Å². The number of piperazine rings is 1. The van der Waals surface area contributed by atoms with Crippen LogP contribution in [0.3, 0.4) is 0 Å². The Kier molecular flexibility index (Phi) is 5.22. The van der Waals surface area contributed by atoms with Crippen LogP contribution in [-0.4, -0.2) is 55.0 Å². The van der Waals surface area contributed by atoms with Crippen molar-refractivity contribution in [3.05, 3.63) is 0 Å². The number of nitrogens with two attached hydrogens (primary N) is 1. The maximum atomic E-state index is 12.9. The van der Waals surface area contributed by atoms with Crippen LogP contribution >= 0.6 is 0 Å². The molecular formula is C15H29N3O. The van der Waals surface area contributed by atoms with Crippen molar-refractivity contribution in [1.82, 2.24) is 9.80 Å². The number of amides is 1. The SMILES string of the molecule is CCN1CCN(C(=O)C2(CN)CCCCCC2)CC1. The molecule has 0 unspecified atom stereocenters. The molecule has 0 radical (unpaired) electrons. The van der Waals surface area contributed by atoms with Gasteiger partial charge in [-0.05, 0) is 19.4 Å². The number of likely N-dealkylation sites (N-methyl/N-ethyl adjacent to an activating group) is 1. The van der Waals surface area contributed by atoms with Gasteiger partial charge in [0, 0.05) is 32.7 Å². The topological polar surface area (TPSA) is 49.6 Å². The molecule has 110 valence electrons. The fraction of sp³-hybridized carbons (Fsp3) is 0.933. The zero-order valence-corrected chi connectivity index (χ0v) is 12.4. The van der Waals surface area contributed by atoms with E-state index < -0.39 is 0 Å². The number of hydrogen-bond donors (Lipinski definition) is 1. The van der Waals surface area contributed by atoms with Gasteiger partial charge in [0.2, 0.25) is 5.91 Å². The largest absolute Gasteiger partial charge is 0.340 e. The smallest absolute Gasteiger partial charge is 0.230 e. The summed E-state index contributed by atoms with van der Waals surface area (Å²) in [5.74, 6) is 0.340. The highest BCUT2D eigenvalue weighted by Crippen LogP contribution is 2.36. The van der Waals surface area contributed by atoms with E-state index in [1.807, 2.05) is 0 Å². The first-order valence-corrected chi connectivity index (χ1v) is 7.93. The Morgan fingerprint density at radius 2 is 1.63 bits per heavy atom. The molecule has 0 aromatic heterocycles. The van der Waals surface area contributed by atoms with Gasteiger partial charge in [-0.25, -0.2) is 0 Å². The van der Waals surface area contributed by atoms with Crippen molar-refractivity contribution in [3.63, 3.8) is 0 Å². The van der Waals surface area contributed by atoms with Crippen molar-refractivity contribution < 1.29 is 4.79 Å². The molecule has 2 rings (SSSR count). The lowest BCUT2D eigenvalue weighted by Crippen LogP contribution is -2.54. The second kappa shape index (κ2) is 6.71. The van der Waals surface area contributed by atoms with Crippen molar-refractivity contribution in [2.45, 2.75) is 45.4 Å². The lowest BCUT2D eigenvalue weighted by molar-refractivity contribution is -0.144. The summed E-state index contributed by atoms with van der Waals surface area (Å²) in [6.45, 7) is 7.60. The van der Waals surface area contributed by atoms with Crippen molar-refractivity contribution >= 4 is 5.91 Å². The van der Waals surface area contributed by atoms with Crippen LogP contribution in [0.2, 0.25) is 0 Å². The summed E-state index contributed by atoms with van der Waals surface area (Å²) < 4.78 is 0. The Morgan fingerprint density at radius 1 is 1.05 bits per heavy atom. The van der Waals surface area contributed by atoms with Gasteiger partial charge >= 0.3 is 0 Å². The monoisotopic (exact) mass is 267 g/mol. The molecule has 2 aliphatic rings. The Labute approximate surface area is 117 Å². The van der Waals surface area contributed by atoms with E-state index in [4.69, 9.17) is 5.73 Å². The molecule has 0 aromatic carbocycles. The molecule has 0 bridgehead atoms. The van der Waals surface area contributed by atoms with Crippen LogP contribution in [0.5, 0.6) is 0 Å². The molecular weight excluding hydrogens is 238 g/mol. The van der Waals surface area contributed by atoms with E-state index in [2.05, 4.69) is 16.7 Å². The van der Waals surface area contributed by atoms with Crippen LogP contribution in [-0.2, 0) is 4.79 Å². The second-order valence-corrected chi connectivity index (χ2v) is 6.13. The summed E-state index contributed by atoms with van der Waals surface area (Å²) in [6.07, 6.45) is 6.85. The molecule has 0 spiro atoms. The predicted octanol–water partition coefficient (Wildman–Crippen LogP) is 1.45. The minimum absolute atomic E-state index is 0.245. The van der Waals surface area contributed by atoms with Gasteiger partial charge in [-0.1, -0.05) is 32.6 Å². The molecule has 1 heterocycles. The first kappa shape index (κ1) is 14.8. The minimum Gasteiger partial charge on any atom is -0.340 e. The highest BCUT2D eigenvalue weighted by atomic mass is 16.2. The van der Waals surface area contributed by atoms with Gasteiger partial charge in [0.25, 0.3) is 0 Å². The Hall–Kier alpha value is -0.610. The van der Waals surface area contributed by atoms with Gasteiger partial charge in [-0.15, -0.1) is 0 Å². The molecule has 1 aliphatic carbocycles. The highest BCUT2D eigenvalue weighted by Gasteiger charge is 2.40. The molecule has 2 fully saturated rings. The van der Waals surface area contributed by atoms with Crippen LogP contribution < -0.4 is 5.73 Å². The van der Waals surface area contributed by atoms with Crippen LogP contribution in [0.25, 0.3) is 0 Å². The van der Waals surface area contributed by atoms with Gasteiger partial charge < -0.3 is 15.5 Å². The molecule has 0 atom stereocenters. The van der Waals surface area contributed by atoms with Gasteiger partial charge in [-0.3, -0.25) is 4.79 Å². The normalized spacial score (nSPS) is 25.1. The van der Waals surface area contributed by atoms with E-state index in [0.29, 0.717) is 12.5 Å². The molecule has 2 N–H and O–H groups in total. The van der Waals surface area contributed by atoms with Crippen molar-refractivity contribution in [2.24, 2.45) is 11.1 Å². The fourth-order valence-electron chi connectivity index (χ4n) is 3.51. The van der Waals surface area contributed by atoms with E-state index in [0.717, 1.165) is 58.4 Å². The van der Waals surface area contributed by atoms with Crippen LogP contribution in [0.4, 0.5) is 0 Å². The summed E-state index contributed by atoms with van der Waals surface area (Å²) in [5, 5.41) is 0. The average molecular weight is 267 g/mol. The summed E-state index contributed by atoms with van der Waals surface area (Å²) >= 11 is 0. The third-order valence-electron chi connectivity index (χ3n) is 5.01. The Bertz CT molecular complexity index is 290. The van der Waals surface area contributed by atoms with Gasteiger partial charge in [-0.2, -0.15) is 0 Å². The first-order chi connectivity index (χ1) is 9.22. The van der Waals surface area contributed by atoms with E-state index in [1.165, 1.54) is 12.8 Å². The van der Waals surface area contributed by atoms with Crippen LogP contribution in [0, 0.1) is 5.41 Å². The molecule has 1 amide bonds. The summed E-state index contributed by atoms with van der Waals surface area (Å²) in [5.41, 5.74) is 5.77. The van der Waals surface area contributed by atoms with Gasteiger partial charge in [0.15, 0.2) is 0 Å². The molecule has 4 nitrogen and oxygen atoms in total. The molecule has 19 heavy (non-hydrogen) atoms. The first-order valence-electron chi connectivity index (χ1n) is 7.93. The van der Waals surface area contributed by atoms with E-state index in [-0.39, 0.29) is 5.41 Å². The third kappa shape index (κ3) is 3.29. The maximum Gasteiger partial charge on any atom is 0.230 e. The standard InChI is InChI=1S/C15H29N3O/c1-2-17-9-11-18(12-10-17)14(19)15(13-16)7-5-3-4-6-8-15/h2-13,16H2,1H3. The van der Waals surface area contributed by atoms with E-state index in [1.54, 1.807) is 0 Å². The number of rotatable bonds is 3. The highest BCUT2D eigenvalue weighted by molar-refractivity contribution is 5.83. The second-order valence-electron chi connectivity index (χ2n) is 6.13. The Morgan fingerprint density at radius 3 is 2.11 bits per heavy atom. The molecule has 4 heteroatoms. The predicted molar refractivity (Wildman–Crippen MR) is 77.9 cm³/mol. The van der Waals surface area contributed by atoms with Gasteiger partial charge in [0.1, 0.15) is 0 Å². The lowest BCUT2D eigenvalue weighted by Gasteiger charge is -2.40. The van der Waals surface area contributed by atoms with Crippen molar-refractivity contribution in [1.29, 1.82) is 0 Å². The Balaban J connectivity index is 2.00. The lowest BCUT2D eigenvalue weighted by atomic mass is 9.79. The molecule has 1 aliphatic heterocycles. The summed E-state index contributed by atoms with van der Waals surface area (Å²) in [6, 6.07) is 0. The van der Waals surface area contributed by atoms with Gasteiger partial charge in [0.05, 0.1) is 5.41 Å². The summed E-state index contributed by atoms with van der Waals surface area (Å²) in [7, 11) is 0. The third-order valence-corrected chi connectivity index (χ3v) is 5.01. The van der Waals surface area contributed by atoms with Crippen LogP contribution in [0.15, 0.2) is 0 Å². The van der Waals surface area contributed by atoms with E-state index in [9.17, 15) is 4.79 Å². The summed E-state index contributed by atoms with van der Waals surface area (Å²) in [4.78, 5) is 17.4. The van der Waals surface area contributed by atoms with Crippen molar-refractivity contribution in [2.75, 3.05) is 39.3 Å².